The van der Waals surface area contributed by atoms with Gasteiger partial charge in [0.1, 0.15) is 11.5 Å². The van der Waals surface area contributed by atoms with Crippen LogP contribution < -0.4 is 20.1 Å². The zero-order chi connectivity index (χ0) is 18.4. The molecule has 134 valence electrons. The van der Waals surface area contributed by atoms with Crippen LogP contribution in [-0.2, 0) is 6.54 Å². The second kappa shape index (κ2) is 8.02. The van der Waals surface area contributed by atoms with E-state index in [0.29, 0.717) is 23.2 Å². The summed E-state index contributed by atoms with van der Waals surface area (Å²) in [4.78, 5) is 16.3. The molecule has 0 fully saturated rings. The fourth-order valence-corrected chi connectivity index (χ4v) is 2.25. The molecule has 0 saturated carbocycles. The van der Waals surface area contributed by atoms with E-state index in [1.165, 1.54) is 7.11 Å². The van der Waals surface area contributed by atoms with E-state index >= 15 is 0 Å². The second-order valence-corrected chi connectivity index (χ2v) is 5.25. The smallest absolute Gasteiger partial charge is 0.319 e. The molecule has 0 aliphatic heterocycles. The average Bonchev–Trinajstić information content (AvgIpc) is 3.16. The summed E-state index contributed by atoms with van der Waals surface area (Å²) < 4.78 is 15.5. The molecule has 8 nitrogen and oxygen atoms in total. The van der Waals surface area contributed by atoms with Crippen molar-refractivity contribution in [2.24, 2.45) is 0 Å². The Morgan fingerprint density at radius 3 is 2.58 bits per heavy atom. The molecule has 0 radical (unpaired) electrons. The van der Waals surface area contributed by atoms with E-state index in [2.05, 4.69) is 20.8 Å². The topological polar surface area (TPSA) is 98.5 Å². The van der Waals surface area contributed by atoms with Crippen molar-refractivity contribution in [3.05, 3.63) is 54.4 Å². The third kappa shape index (κ3) is 4.10. The van der Waals surface area contributed by atoms with E-state index in [0.717, 1.165) is 11.3 Å². The molecule has 1 aromatic heterocycles. The van der Waals surface area contributed by atoms with E-state index in [1.54, 1.807) is 25.3 Å². The average molecular weight is 354 g/mol. The molecule has 0 unspecified atom stereocenters. The van der Waals surface area contributed by atoms with Crippen molar-refractivity contribution in [1.29, 1.82) is 0 Å². The zero-order valence-corrected chi connectivity index (χ0v) is 14.4. The van der Waals surface area contributed by atoms with E-state index in [-0.39, 0.29) is 6.54 Å². The van der Waals surface area contributed by atoms with Crippen LogP contribution >= 0.6 is 0 Å². The van der Waals surface area contributed by atoms with Crippen molar-refractivity contribution < 1.29 is 18.8 Å². The number of urea groups is 1. The highest BCUT2D eigenvalue weighted by Crippen LogP contribution is 2.23. The summed E-state index contributed by atoms with van der Waals surface area (Å²) in [5, 5.41) is 9.28. The molecule has 3 rings (SSSR count). The Balaban J connectivity index is 1.58. The molecule has 1 heterocycles. The number of carbonyl (C=O) groups is 1. The number of nitrogens with one attached hydrogen (secondary N) is 2. The van der Waals surface area contributed by atoms with Gasteiger partial charge in [-0.25, -0.2) is 4.79 Å². The van der Waals surface area contributed by atoms with Gasteiger partial charge in [-0.05, 0) is 36.4 Å². The van der Waals surface area contributed by atoms with Crippen LogP contribution in [0.25, 0.3) is 11.4 Å². The Bertz CT molecular complexity index is 877. The lowest BCUT2D eigenvalue weighted by atomic mass is 10.2. The Morgan fingerprint density at radius 2 is 1.85 bits per heavy atom. The lowest BCUT2D eigenvalue weighted by Gasteiger charge is -2.09. The molecular formula is C18H18N4O4. The molecular weight excluding hydrogens is 336 g/mol. The van der Waals surface area contributed by atoms with Crippen LogP contribution in [0.4, 0.5) is 10.5 Å². The van der Waals surface area contributed by atoms with Crippen LogP contribution in [0, 0.1) is 0 Å². The first kappa shape index (κ1) is 17.3. The minimum atomic E-state index is -0.404. The molecule has 2 amide bonds. The van der Waals surface area contributed by atoms with E-state index < -0.39 is 6.03 Å². The fourth-order valence-electron chi connectivity index (χ4n) is 2.25. The zero-order valence-electron chi connectivity index (χ0n) is 14.4. The van der Waals surface area contributed by atoms with Crippen molar-refractivity contribution >= 4 is 11.7 Å². The number of hydrogen-bond donors (Lipinski definition) is 2. The summed E-state index contributed by atoms with van der Waals surface area (Å²) in [6.45, 7) is 0.101. The van der Waals surface area contributed by atoms with Crippen molar-refractivity contribution in [2.45, 2.75) is 6.54 Å². The minimum Gasteiger partial charge on any atom is -0.497 e. The third-order valence-electron chi connectivity index (χ3n) is 3.57. The van der Waals surface area contributed by atoms with Gasteiger partial charge >= 0.3 is 6.03 Å². The predicted octanol–water partition coefficient (Wildman–Crippen LogP) is 3.08. The standard InChI is InChI=1S/C18H18N4O4/c1-24-13-9-7-12(8-10-13)17-21-16(26-22-17)11-19-18(23)20-14-5-3-4-6-15(14)25-2/h3-10H,11H2,1-2H3,(H2,19,20,23). The molecule has 0 aliphatic rings. The van der Waals surface area contributed by atoms with Crippen LogP contribution in [0.1, 0.15) is 5.89 Å². The summed E-state index contributed by atoms with van der Waals surface area (Å²) in [6, 6.07) is 14.0. The molecule has 8 heteroatoms. The number of aromatic nitrogens is 2. The van der Waals surface area contributed by atoms with Gasteiger partial charge in [0, 0.05) is 5.56 Å². The molecule has 26 heavy (non-hydrogen) atoms. The number of nitrogens with zero attached hydrogens (tertiary/aromatic N) is 2. The highest BCUT2D eigenvalue weighted by Gasteiger charge is 2.11. The van der Waals surface area contributed by atoms with Crippen LogP contribution in [-0.4, -0.2) is 30.4 Å². The minimum absolute atomic E-state index is 0.101. The monoisotopic (exact) mass is 354 g/mol. The Kier molecular flexibility index (Phi) is 5.33. The summed E-state index contributed by atoms with van der Waals surface area (Å²) in [7, 11) is 3.14. The SMILES string of the molecule is COc1ccc(-c2noc(CNC(=O)Nc3ccccc3OC)n2)cc1. The number of amides is 2. The number of carbonyl (C=O) groups excluding carboxylic acids is 1. The number of hydrogen-bond acceptors (Lipinski definition) is 6. The maximum atomic E-state index is 12.0. The number of ether oxygens (including phenoxy) is 2. The predicted molar refractivity (Wildman–Crippen MR) is 95.1 cm³/mol. The molecule has 0 bridgehead atoms. The molecule has 2 aromatic carbocycles. The van der Waals surface area contributed by atoms with E-state index in [4.69, 9.17) is 14.0 Å². The van der Waals surface area contributed by atoms with Crippen molar-refractivity contribution in [3.8, 4) is 22.9 Å². The fraction of sp³-hybridized carbons (Fsp3) is 0.167. The first-order chi connectivity index (χ1) is 12.7. The highest BCUT2D eigenvalue weighted by molar-refractivity contribution is 5.90. The quantitative estimate of drug-likeness (QED) is 0.706. The summed E-state index contributed by atoms with van der Waals surface area (Å²) in [5.41, 5.74) is 1.36. The van der Waals surface area contributed by atoms with Gasteiger partial charge in [-0.2, -0.15) is 4.98 Å². The van der Waals surface area contributed by atoms with Crippen LogP contribution in [0.2, 0.25) is 0 Å². The summed E-state index contributed by atoms with van der Waals surface area (Å²) >= 11 is 0. The number of methoxy groups -OCH3 is 2. The van der Waals surface area contributed by atoms with Gasteiger partial charge in [-0.15, -0.1) is 0 Å². The number of anilines is 1. The Morgan fingerprint density at radius 1 is 1.08 bits per heavy atom. The summed E-state index contributed by atoms with van der Waals surface area (Å²) in [6.07, 6.45) is 0. The molecule has 0 atom stereocenters. The highest BCUT2D eigenvalue weighted by atomic mass is 16.5. The second-order valence-electron chi connectivity index (χ2n) is 5.25. The van der Waals surface area contributed by atoms with Gasteiger partial charge in [0.25, 0.3) is 0 Å². The maximum absolute atomic E-state index is 12.0. The van der Waals surface area contributed by atoms with E-state index in [1.807, 2.05) is 30.3 Å². The molecule has 0 aliphatic carbocycles. The Labute approximate surface area is 150 Å². The van der Waals surface area contributed by atoms with Crippen molar-refractivity contribution in [3.63, 3.8) is 0 Å². The van der Waals surface area contributed by atoms with Crippen molar-refractivity contribution in [2.75, 3.05) is 19.5 Å². The van der Waals surface area contributed by atoms with Gasteiger partial charge in [0.15, 0.2) is 0 Å². The number of rotatable bonds is 6. The van der Waals surface area contributed by atoms with Gasteiger partial charge in [-0.1, -0.05) is 17.3 Å². The largest absolute Gasteiger partial charge is 0.497 e. The number of para-hydroxylation sites is 2. The van der Waals surface area contributed by atoms with Crippen LogP contribution in [0.5, 0.6) is 11.5 Å². The van der Waals surface area contributed by atoms with Gasteiger partial charge < -0.3 is 24.6 Å². The lowest BCUT2D eigenvalue weighted by Crippen LogP contribution is -2.28. The molecule has 0 spiro atoms. The van der Waals surface area contributed by atoms with E-state index in [9.17, 15) is 4.79 Å². The van der Waals surface area contributed by atoms with Gasteiger partial charge in [0.2, 0.25) is 11.7 Å². The first-order valence-corrected chi connectivity index (χ1v) is 7.84. The van der Waals surface area contributed by atoms with Crippen LogP contribution in [0.15, 0.2) is 53.1 Å². The van der Waals surface area contributed by atoms with Gasteiger partial charge in [0.05, 0.1) is 26.5 Å². The molecule has 0 saturated heterocycles. The van der Waals surface area contributed by atoms with Gasteiger partial charge in [-0.3, -0.25) is 0 Å². The lowest BCUT2D eigenvalue weighted by molar-refractivity contribution is 0.249. The molecule has 3 aromatic rings. The van der Waals surface area contributed by atoms with Crippen LogP contribution in [0.3, 0.4) is 0 Å². The maximum Gasteiger partial charge on any atom is 0.319 e. The molecule has 2 N–H and O–H groups in total. The summed E-state index contributed by atoms with van der Waals surface area (Å²) in [5.74, 6) is 2.05. The van der Waals surface area contributed by atoms with Crippen molar-refractivity contribution in [1.82, 2.24) is 15.5 Å². The first-order valence-electron chi connectivity index (χ1n) is 7.84. The third-order valence-corrected chi connectivity index (χ3v) is 3.57. The number of benzene rings is 2. The normalized spacial score (nSPS) is 10.2. The Hall–Kier alpha value is -3.55.